The zero-order chi connectivity index (χ0) is 13.0. The smallest absolute Gasteiger partial charge is 0.327 e. The van der Waals surface area contributed by atoms with Crippen molar-refractivity contribution in [1.82, 2.24) is 9.78 Å². The Balaban J connectivity index is 2.10. The van der Waals surface area contributed by atoms with Crippen LogP contribution in [0.1, 0.15) is 6.92 Å². The minimum Gasteiger partial charge on any atom is -0.465 e. The number of rotatable bonds is 4. The Bertz CT molecular complexity index is 534. The summed E-state index contributed by atoms with van der Waals surface area (Å²) in [6.45, 7) is 2.19. The van der Waals surface area contributed by atoms with Crippen molar-refractivity contribution in [3.05, 3.63) is 42.5 Å². The van der Waals surface area contributed by atoms with Crippen LogP contribution in [0, 0.1) is 5.82 Å². The van der Waals surface area contributed by atoms with Crippen LogP contribution in [-0.2, 0) is 16.1 Å². The van der Waals surface area contributed by atoms with Crippen LogP contribution < -0.4 is 0 Å². The zero-order valence-electron chi connectivity index (χ0n) is 9.97. The van der Waals surface area contributed by atoms with Gasteiger partial charge in [0.1, 0.15) is 12.4 Å². The molecule has 1 aromatic carbocycles. The SMILES string of the molecule is CCOC(=O)Cn1cc(-c2ccc(F)cc2)cn1. The van der Waals surface area contributed by atoms with Crippen molar-refractivity contribution in [2.45, 2.75) is 13.5 Å². The van der Waals surface area contributed by atoms with Crippen molar-refractivity contribution in [3.8, 4) is 11.1 Å². The van der Waals surface area contributed by atoms with E-state index in [0.717, 1.165) is 11.1 Å². The number of halogens is 1. The van der Waals surface area contributed by atoms with Crippen LogP contribution >= 0.6 is 0 Å². The molecule has 0 saturated heterocycles. The quantitative estimate of drug-likeness (QED) is 0.779. The number of carbonyl (C=O) groups excluding carboxylic acids is 1. The first kappa shape index (κ1) is 12.3. The highest BCUT2D eigenvalue weighted by molar-refractivity contribution is 5.69. The third kappa shape index (κ3) is 2.94. The molecule has 5 heteroatoms. The van der Waals surface area contributed by atoms with E-state index in [0.29, 0.717) is 6.61 Å². The average molecular weight is 248 g/mol. The minimum absolute atomic E-state index is 0.0784. The molecule has 0 aliphatic heterocycles. The van der Waals surface area contributed by atoms with Gasteiger partial charge in [0.15, 0.2) is 0 Å². The fourth-order valence-corrected chi connectivity index (χ4v) is 1.58. The lowest BCUT2D eigenvalue weighted by molar-refractivity contribution is -0.144. The molecule has 4 nitrogen and oxygen atoms in total. The molecule has 2 rings (SSSR count). The van der Waals surface area contributed by atoms with E-state index < -0.39 is 0 Å². The molecule has 0 N–H and O–H groups in total. The van der Waals surface area contributed by atoms with Crippen molar-refractivity contribution in [3.63, 3.8) is 0 Å². The number of esters is 1. The molecular formula is C13H13FN2O2. The second-order valence-corrected chi connectivity index (χ2v) is 3.74. The van der Waals surface area contributed by atoms with Gasteiger partial charge in [0.25, 0.3) is 0 Å². The Labute approximate surface area is 104 Å². The summed E-state index contributed by atoms with van der Waals surface area (Å²) >= 11 is 0. The molecule has 18 heavy (non-hydrogen) atoms. The highest BCUT2D eigenvalue weighted by atomic mass is 19.1. The Kier molecular flexibility index (Phi) is 3.72. The van der Waals surface area contributed by atoms with Crippen molar-refractivity contribution >= 4 is 5.97 Å². The molecular weight excluding hydrogens is 235 g/mol. The van der Waals surface area contributed by atoms with E-state index in [1.54, 1.807) is 31.5 Å². The maximum atomic E-state index is 12.8. The van der Waals surface area contributed by atoms with E-state index in [1.807, 2.05) is 0 Å². The molecule has 0 aliphatic rings. The molecule has 0 aliphatic carbocycles. The summed E-state index contributed by atoms with van der Waals surface area (Å²) in [5, 5.41) is 4.06. The lowest BCUT2D eigenvalue weighted by Gasteiger charge is -2.01. The molecule has 0 saturated carbocycles. The predicted molar refractivity (Wildman–Crippen MR) is 64.3 cm³/mol. The van der Waals surface area contributed by atoms with Gasteiger partial charge >= 0.3 is 5.97 Å². The van der Waals surface area contributed by atoms with Gasteiger partial charge in [-0.3, -0.25) is 9.48 Å². The van der Waals surface area contributed by atoms with Crippen LogP contribution in [0.2, 0.25) is 0 Å². The molecule has 0 unspecified atom stereocenters. The maximum absolute atomic E-state index is 12.8. The van der Waals surface area contributed by atoms with Gasteiger partial charge in [-0.05, 0) is 24.6 Å². The third-order valence-electron chi connectivity index (χ3n) is 2.41. The summed E-state index contributed by atoms with van der Waals surface area (Å²) < 4.78 is 19.1. The van der Waals surface area contributed by atoms with Crippen molar-refractivity contribution in [2.75, 3.05) is 6.61 Å². The normalized spacial score (nSPS) is 10.3. The maximum Gasteiger partial charge on any atom is 0.327 e. The van der Waals surface area contributed by atoms with Gasteiger partial charge in [-0.15, -0.1) is 0 Å². The molecule has 2 aromatic rings. The van der Waals surface area contributed by atoms with Gasteiger partial charge in [0.05, 0.1) is 12.8 Å². The second kappa shape index (κ2) is 5.44. The van der Waals surface area contributed by atoms with Gasteiger partial charge in [-0.1, -0.05) is 12.1 Å². The summed E-state index contributed by atoms with van der Waals surface area (Å²) in [7, 11) is 0. The van der Waals surface area contributed by atoms with Crippen LogP contribution in [0.25, 0.3) is 11.1 Å². The molecule has 0 bridgehead atoms. The molecule has 0 amide bonds. The van der Waals surface area contributed by atoms with E-state index in [2.05, 4.69) is 5.10 Å². The minimum atomic E-state index is -0.328. The first-order chi connectivity index (χ1) is 8.69. The number of hydrogen-bond donors (Lipinski definition) is 0. The van der Waals surface area contributed by atoms with Crippen LogP contribution in [0.4, 0.5) is 4.39 Å². The molecule has 94 valence electrons. The first-order valence-electron chi connectivity index (χ1n) is 5.63. The highest BCUT2D eigenvalue weighted by Gasteiger charge is 2.06. The molecule has 0 atom stereocenters. The number of carbonyl (C=O) groups is 1. The lowest BCUT2D eigenvalue weighted by atomic mass is 10.1. The molecule has 0 spiro atoms. The fraction of sp³-hybridized carbons (Fsp3) is 0.231. The number of nitrogens with zero attached hydrogens (tertiary/aromatic N) is 2. The largest absolute Gasteiger partial charge is 0.465 e. The van der Waals surface area contributed by atoms with E-state index in [1.165, 1.54) is 16.8 Å². The Morgan fingerprint density at radius 2 is 2.06 bits per heavy atom. The standard InChI is InChI=1S/C13H13FN2O2/c1-2-18-13(17)9-16-8-11(7-15-16)10-3-5-12(14)6-4-10/h3-8H,2,9H2,1H3. The monoisotopic (exact) mass is 248 g/mol. The van der Waals surface area contributed by atoms with E-state index in [-0.39, 0.29) is 18.3 Å². The van der Waals surface area contributed by atoms with Gasteiger partial charge in [0.2, 0.25) is 0 Å². The number of benzene rings is 1. The summed E-state index contributed by atoms with van der Waals surface area (Å²) in [6.07, 6.45) is 3.36. The van der Waals surface area contributed by atoms with E-state index in [9.17, 15) is 9.18 Å². The molecule has 1 heterocycles. The Hall–Kier alpha value is -2.17. The lowest BCUT2D eigenvalue weighted by Crippen LogP contribution is -2.13. The highest BCUT2D eigenvalue weighted by Crippen LogP contribution is 2.18. The van der Waals surface area contributed by atoms with Gasteiger partial charge in [-0.2, -0.15) is 5.10 Å². The molecule has 0 fully saturated rings. The molecule has 1 aromatic heterocycles. The molecule has 0 radical (unpaired) electrons. The Morgan fingerprint density at radius 3 is 2.72 bits per heavy atom. The van der Waals surface area contributed by atoms with Gasteiger partial charge < -0.3 is 4.74 Å². The first-order valence-corrected chi connectivity index (χ1v) is 5.63. The number of aromatic nitrogens is 2. The van der Waals surface area contributed by atoms with E-state index >= 15 is 0 Å². The third-order valence-corrected chi connectivity index (χ3v) is 2.41. The van der Waals surface area contributed by atoms with E-state index in [4.69, 9.17) is 4.74 Å². The second-order valence-electron chi connectivity index (χ2n) is 3.74. The topological polar surface area (TPSA) is 44.1 Å². The van der Waals surface area contributed by atoms with Crippen LogP contribution in [-0.4, -0.2) is 22.4 Å². The van der Waals surface area contributed by atoms with Crippen LogP contribution in [0.3, 0.4) is 0 Å². The van der Waals surface area contributed by atoms with Crippen molar-refractivity contribution in [2.24, 2.45) is 0 Å². The number of hydrogen-bond acceptors (Lipinski definition) is 3. The fourth-order valence-electron chi connectivity index (χ4n) is 1.58. The Morgan fingerprint density at radius 1 is 1.33 bits per heavy atom. The van der Waals surface area contributed by atoms with Gasteiger partial charge in [0, 0.05) is 11.8 Å². The zero-order valence-corrected chi connectivity index (χ0v) is 9.97. The average Bonchev–Trinajstić information content (AvgIpc) is 2.78. The van der Waals surface area contributed by atoms with Crippen molar-refractivity contribution in [1.29, 1.82) is 0 Å². The number of ether oxygens (including phenoxy) is 1. The summed E-state index contributed by atoms with van der Waals surface area (Å²) in [4.78, 5) is 11.3. The summed E-state index contributed by atoms with van der Waals surface area (Å²) in [5.41, 5.74) is 1.69. The predicted octanol–water partition coefficient (Wildman–Crippen LogP) is 2.25. The van der Waals surface area contributed by atoms with Crippen molar-refractivity contribution < 1.29 is 13.9 Å². The van der Waals surface area contributed by atoms with Gasteiger partial charge in [-0.25, -0.2) is 4.39 Å². The summed E-state index contributed by atoms with van der Waals surface area (Å²) in [6, 6.07) is 6.11. The van der Waals surface area contributed by atoms with Crippen LogP contribution in [0.5, 0.6) is 0 Å². The summed E-state index contributed by atoms with van der Waals surface area (Å²) in [5.74, 6) is -0.607. The van der Waals surface area contributed by atoms with Crippen LogP contribution in [0.15, 0.2) is 36.7 Å².